The molecule has 1 aliphatic carbocycles. The van der Waals surface area contributed by atoms with E-state index in [9.17, 15) is 4.39 Å². The molecule has 4 heteroatoms. The molecule has 0 radical (unpaired) electrons. The molecule has 3 rings (SSSR count). The van der Waals surface area contributed by atoms with Gasteiger partial charge in [0.25, 0.3) is 0 Å². The van der Waals surface area contributed by atoms with Crippen LogP contribution in [0.15, 0.2) is 18.2 Å². The smallest absolute Gasteiger partial charge is 0.125 e. The third-order valence-corrected chi connectivity index (χ3v) is 3.56. The van der Waals surface area contributed by atoms with Gasteiger partial charge >= 0.3 is 0 Å². The van der Waals surface area contributed by atoms with Gasteiger partial charge in [0.1, 0.15) is 11.6 Å². The van der Waals surface area contributed by atoms with Gasteiger partial charge in [-0.25, -0.2) is 9.37 Å². The second-order valence-corrected chi connectivity index (χ2v) is 4.67. The van der Waals surface area contributed by atoms with E-state index < -0.39 is 0 Å². The van der Waals surface area contributed by atoms with Gasteiger partial charge in [-0.2, -0.15) is 0 Å². The Morgan fingerprint density at radius 2 is 2.24 bits per heavy atom. The average Bonchev–Trinajstić information content (AvgIpc) is 2.56. The number of fused-ring (bicyclic) bond motifs is 1. The van der Waals surface area contributed by atoms with Crippen LogP contribution >= 0.6 is 0 Å². The second-order valence-electron chi connectivity index (χ2n) is 4.67. The molecular formula is C13H16FN3. The van der Waals surface area contributed by atoms with E-state index in [0.717, 1.165) is 16.9 Å². The van der Waals surface area contributed by atoms with Gasteiger partial charge < -0.3 is 10.3 Å². The van der Waals surface area contributed by atoms with Crippen LogP contribution in [-0.4, -0.2) is 16.1 Å². The molecule has 1 saturated carbocycles. The maximum atomic E-state index is 13.3. The first-order valence-electron chi connectivity index (χ1n) is 6.15. The molecular weight excluding hydrogens is 217 g/mol. The summed E-state index contributed by atoms with van der Waals surface area (Å²) in [6, 6.07) is 4.77. The number of nitrogens with two attached hydrogens (primary N) is 1. The van der Waals surface area contributed by atoms with Crippen molar-refractivity contribution in [2.75, 3.05) is 6.54 Å². The Hall–Kier alpha value is -1.42. The van der Waals surface area contributed by atoms with E-state index in [2.05, 4.69) is 9.55 Å². The van der Waals surface area contributed by atoms with Crippen LogP contribution in [0.4, 0.5) is 4.39 Å². The Morgan fingerprint density at radius 1 is 1.41 bits per heavy atom. The summed E-state index contributed by atoms with van der Waals surface area (Å²) < 4.78 is 15.4. The van der Waals surface area contributed by atoms with E-state index in [1.165, 1.54) is 25.3 Å². The van der Waals surface area contributed by atoms with Crippen LogP contribution in [0.25, 0.3) is 11.0 Å². The number of halogens is 1. The van der Waals surface area contributed by atoms with E-state index in [1.54, 1.807) is 12.1 Å². The number of rotatable bonds is 3. The Balaban J connectivity index is 2.15. The zero-order chi connectivity index (χ0) is 11.8. The molecule has 0 spiro atoms. The molecule has 0 bridgehead atoms. The summed E-state index contributed by atoms with van der Waals surface area (Å²) >= 11 is 0. The van der Waals surface area contributed by atoms with Crippen LogP contribution in [0.1, 0.15) is 31.0 Å². The lowest BCUT2D eigenvalue weighted by Crippen LogP contribution is -2.18. The molecule has 17 heavy (non-hydrogen) atoms. The monoisotopic (exact) mass is 233 g/mol. The Kier molecular flexibility index (Phi) is 2.59. The normalized spacial score (nSPS) is 16.4. The zero-order valence-corrected chi connectivity index (χ0v) is 9.69. The van der Waals surface area contributed by atoms with Gasteiger partial charge in [-0.1, -0.05) is 6.42 Å². The van der Waals surface area contributed by atoms with Crippen LogP contribution < -0.4 is 5.73 Å². The lowest BCUT2D eigenvalue weighted by Gasteiger charge is -2.25. The van der Waals surface area contributed by atoms with Gasteiger partial charge in [0.15, 0.2) is 0 Å². The molecule has 1 aliphatic rings. The van der Waals surface area contributed by atoms with Crippen molar-refractivity contribution < 1.29 is 4.39 Å². The quantitative estimate of drug-likeness (QED) is 0.884. The highest BCUT2D eigenvalue weighted by atomic mass is 19.1. The fourth-order valence-electron chi connectivity index (χ4n) is 2.46. The van der Waals surface area contributed by atoms with E-state index in [4.69, 9.17) is 5.73 Å². The topological polar surface area (TPSA) is 43.8 Å². The summed E-state index contributed by atoms with van der Waals surface area (Å²) in [5.74, 6) is 1.41. The molecule has 2 N–H and O–H groups in total. The molecule has 1 aromatic heterocycles. The van der Waals surface area contributed by atoms with Crippen molar-refractivity contribution in [2.45, 2.75) is 31.7 Å². The van der Waals surface area contributed by atoms with Gasteiger partial charge in [0, 0.05) is 19.0 Å². The molecule has 1 aromatic carbocycles. The Labute approximate surface area is 99.4 Å². The van der Waals surface area contributed by atoms with Gasteiger partial charge in [-0.15, -0.1) is 0 Å². The van der Waals surface area contributed by atoms with Crippen molar-refractivity contribution in [3.63, 3.8) is 0 Å². The number of hydrogen-bond donors (Lipinski definition) is 1. The van der Waals surface area contributed by atoms with E-state index in [1.807, 2.05) is 0 Å². The lowest BCUT2D eigenvalue weighted by molar-refractivity contribution is 0.389. The molecule has 1 heterocycles. The summed E-state index contributed by atoms with van der Waals surface area (Å²) in [5.41, 5.74) is 7.38. The van der Waals surface area contributed by atoms with Crippen LogP contribution in [0.2, 0.25) is 0 Å². The number of aromatic nitrogens is 2. The number of benzene rings is 1. The van der Waals surface area contributed by atoms with E-state index >= 15 is 0 Å². The first-order valence-corrected chi connectivity index (χ1v) is 6.15. The maximum Gasteiger partial charge on any atom is 0.125 e. The van der Waals surface area contributed by atoms with Crippen molar-refractivity contribution >= 4 is 11.0 Å². The van der Waals surface area contributed by atoms with Crippen LogP contribution in [0, 0.1) is 5.82 Å². The largest absolute Gasteiger partial charge is 0.329 e. The zero-order valence-electron chi connectivity index (χ0n) is 9.69. The van der Waals surface area contributed by atoms with Crippen LogP contribution in [0.3, 0.4) is 0 Å². The number of nitrogens with zero attached hydrogens (tertiary/aromatic N) is 2. The summed E-state index contributed by atoms with van der Waals surface area (Å²) in [7, 11) is 0. The Morgan fingerprint density at radius 3 is 2.88 bits per heavy atom. The highest BCUT2D eigenvalue weighted by Gasteiger charge is 2.25. The predicted octanol–water partition coefficient (Wildman–Crippen LogP) is 2.40. The fourth-order valence-corrected chi connectivity index (χ4v) is 2.46. The van der Waals surface area contributed by atoms with E-state index in [-0.39, 0.29) is 5.82 Å². The molecule has 1 fully saturated rings. The molecule has 0 saturated heterocycles. The van der Waals surface area contributed by atoms with Gasteiger partial charge in [-0.05, 0) is 31.0 Å². The van der Waals surface area contributed by atoms with Gasteiger partial charge in [-0.3, -0.25) is 0 Å². The molecule has 3 nitrogen and oxygen atoms in total. The second kappa shape index (κ2) is 4.11. The molecule has 2 aromatic rings. The summed E-state index contributed by atoms with van der Waals surface area (Å²) in [6.07, 6.45) is 3.65. The third kappa shape index (κ3) is 1.72. The van der Waals surface area contributed by atoms with Gasteiger partial charge in [0.05, 0.1) is 11.0 Å². The predicted molar refractivity (Wildman–Crippen MR) is 65.3 cm³/mol. The Bertz CT molecular complexity index is 543. The minimum Gasteiger partial charge on any atom is -0.329 e. The minimum absolute atomic E-state index is 0.212. The summed E-state index contributed by atoms with van der Waals surface area (Å²) in [5, 5.41) is 0. The van der Waals surface area contributed by atoms with Crippen molar-refractivity contribution in [3.8, 4) is 0 Å². The van der Waals surface area contributed by atoms with Crippen LogP contribution in [0.5, 0.6) is 0 Å². The molecule has 0 aliphatic heterocycles. The van der Waals surface area contributed by atoms with Crippen molar-refractivity contribution in [2.24, 2.45) is 5.73 Å². The van der Waals surface area contributed by atoms with Crippen molar-refractivity contribution in [1.82, 2.24) is 9.55 Å². The van der Waals surface area contributed by atoms with Gasteiger partial charge in [0.2, 0.25) is 0 Å². The molecule has 0 unspecified atom stereocenters. The molecule has 90 valence electrons. The van der Waals surface area contributed by atoms with Crippen molar-refractivity contribution in [1.29, 1.82) is 0 Å². The minimum atomic E-state index is -0.212. The first-order chi connectivity index (χ1) is 8.29. The highest BCUT2D eigenvalue weighted by Crippen LogP contribution is 2.37. The SMILES string of the molecule is NCCn1c(C2CCC2)nc2ccc(F)cc21. The third-order valence-electron chi connectivity index (χ3n) is 3.56. The molecule has 0 atom stereocenters. The fraction of sp³-hybridized carbons (Fsp3) is 0.462. The number of imidazole rings is 1. The lowest BCUT2D eigenvalue weighted by atomic mass is 9.85. The van der Waals surface area contributed by atoms with Crippen molar-refractivity contribution in [3.05, 3.63) is 29.8 Å². The van der Waals surface area contributed by atoms with E-state index in [0.29, 0.717) is 19.0 Å². The first kappa shape index (κ1) is 10.7. The highest BCUT2D eigenvalue weighted by molar-refractivity contribution is 5.76. The standard InChI is InChI=1S/C13H16FN3/c14-10-4-5-11-12(8-10)17(7-6-15)13(16-11)9-2-1-3-9/h4-5,8-9H,1-3,6-7,15H2. The van der Waals surface area contributed by atoms with Crippen LogP contribution in [-0.2, 0) is 6.54 Å². The average molecular weight is 233 g/mol. The number of hydrogen-bond acceptors (Lipinski definition) is 2. The maximum absolute atomic E-state index is 13.3. The summed E-state index contributed by atoms with van der Waals surface area (Å²) in [4.78, 5) is 4.64. The molecule has 0 amide bonds. The summed E-state index contributed by atoms with van der Waals surface area (Å²) in [6.45, 7) is 1.27.